The SMILES string of the molecule is CCOc1ccccc1/C=C/C(CCc1ccc(C(=O)O)cc1)Cc1ccc(C(=O)O)cc1. The maximum Gasteiger partial charge on any atom is 0.335 e. The van der Waals surface area contributed by atoms with Crippen LogP contribution in [0.4, 0.5) is 0 Å². The summed E-state index contributed by atoms with van der Waals surface area (Å²) < 4.78 is 5.73. The minimum absolute atomic E-state index is 0.203. The first-order chi connectivity index (χ1) is 16.0. The van der Waals surface area contributed by atoms with Crippen LogP contribution in [0.2, 0.25) is 0 Å². The number of allylic oxidation sites excluding steroid dienone is 1. The van der Waals surface area contributed by atoms with Gasteiger partial charge in [0.05, 0.1) is 17.7 Å². The van der Waals surface area contributed by atoms with Crippen molar-refractivity contribution in [2.24, 2.45) is 5.92 Å². The first kappa shape index (κ1) is 23.8. The van der Waals surface area contributed by atoms with Gasteiger partial charge in [-0.3, -0.25) is 0 Å². The van der Waals surface area contributed by atoms with Gasteiger partial charge >= 0.3 is 11.9 Å². The second kappa shape index (κ2) is 11.7. The smallest absolute Gasteiger partial charge is 0.335 e. The summed E-state index contributed by atoms with van der Waals surface area (Å²) in [5.74, 6) is -0.824. The summed E-state index contributed by atoms with van der Waals surface area (Å²) in [7, 11) is 0. The zero-order valence-corrected chi connectivity index (χ0v) is 18.6. The number of benzene rings is 3. The van der Waals surface area contributed by atoms with Gasteiger partial charge in [0.1, 0.15) is 5.75 Å². The number of hydrogen-bond acceptors (Lipinski definition) is 3. The molecule has 0 aromatic heterocycles. The van der Waals surface area contributed by atoms with Crippen LogP contribution in [0.15, 0.2) is 78.9 Å². The second-order valence-electron chi connectivity index (χ2n) is 7.84. The van der Waals surface area contributed by atoms with E-state index in [1.807, 2.05) is 55.5 Å². The Morgan fingerprint density at radius 2 is 1.42 bits per heavy atom. The third-order valence-electron chi connectivity index (χ3n) is 5.47. The van der Waals surface area contributed by atoms with Crippen LogP contribution in [0.25, 0.3) is 6.08 Å². The van der Waals surface area contributed by atoms with E-state index in [1.54, 1.807) is 24.3 Å². The van der Waals surface area contributed by atoms with Crippen LogP contribution in [0, 0.1) is 5.92 Å². The molecule has 0 aliphatic carbocycles. The standard InChI is InChI=1S/C28H28O5/c1-2-33-26-6-4-3-5-23(26)14-11-21(19-22-12-17-25(18-13-22)28(31)32)8-7-20-9-15-24(16-10-20)27(29)30/h3-6,9-18,21H,2,7-8,19H2,1H3,(H,29,30)(H,31,32)/b14-11+. The maximum atomic E-state index is 11.1. The van der Waals surface area contributed by atoms with E-state index >= 15 is 0 Å². The molecule has 3 aromatic carbocycles. The van der Waals surface area contributed by atoms with Crippen LogP contribution in [0.3, 0.4) is 0 Å². The molecule has 5 heteroatoms. The fraction of sp³-hybridized carbons (Fsp3) is 0.214. The number of aromatic carboxylic acids is 2. The van der Waals surface area contributed by atoms with Crippen molar-refractivity contribution in [2.75, 3.05) is 6.61 Å². The van der Waals surface area contributed by atoms with Crippen molar-refractivity contribution in [2.45, 2.75) is 26.2 Å². The van der Waals surface area contributed by atoms with E-state index < -0.39 is 11.9 Å². The molecule has 1 unspecified atom stereocenters. The monoisotopic (exact) mass is 444 g/mol. The minimum Gasteiger partial charge on any atom is -0.493 e. The molecule has 0 aliphatic heterocycles. The van der Waals surface area contributed by atoms with Gasteiger partial charge in [-0.25, -0.2) is 9.59 Å². The van der Waals surface area contributed by atoms with Crippen LogP contribution in [0.5, 0.6) is 5.75 Å². The van der Waals surface area contributed by atoms with Gasteiger partial charge in [0, 0.05) is 5.56 Å². The Kier molecular flexibility index (Phi) is 8.42. The first-order valence-corrected chi connectivity index (χ1v) is 11.0. The number of carboxylic acid groups (broad SMARTS) is 2. The molecule has 0 spiro atoms. The number of carbonyl (C=O) groups is 2. The van der Waals surface area contributed by atoms with E-state index in [9.17, 15) is 9.59 Å². The van der Waals surface area contributed by atoms with Crippen LogP contribution < -0.4 is 4.74 Å². The van der Waals surface area contributed by atoms with Crippen LogP contribution in [-0.2, 0) is 12.8 Å². The normalized spacial score (nSPS) is 11.9. The summed E-state index contributed by atoms with van der Waals surface area (Å²) in [5, 5.41) is 18.2. The van der Waals surface area contributed by atoms with Crippen molar-refractivity contribution in [3.63, 3.8) is 0 Å². The Hall–Kier alpha value is -3.86. The Balaban J connectivity index is 1.77. The van der Waals surface area contributed by atoms with Gasteiger partial charge in [0.2, 0.25) is 0 Å². The number of hydrogen-bond donors (Lipinski definition) is 2. The molecule has 0 heterocycles. The molecular weight excluding hydrogens is 416 g/mol. The van der Waals surface area contributed by atoms with E-state index in [0.717, 1.165) is 41.7 Å². The van der Waals surface area contributed by atoms with Crippen molar-refractivity contribution < 1.29 is 24.5 Å². The largest absolute Gasteiger partial charge is 0.493 e. The summed E-state index contributed by atoms with van der Waals surface area (Å²) in [6, 6.07) is 21.9. The molecular formula is C28H28O5. The molecule has 170 valence electrons. The summed E-state index contributed by atoms with van der Waals surface area (Å²) in [6.45, 7) is 2.55. The molecule has 0 amide bonds. The van der Waals surface area contributed by atoms with Crippen molar-refractivity contribution >= 4 is 18.0 Å². The van der Waals surface area contributed by atoms with Gasteiger partial charge in [-0.2, -0.15) is 0 Å². The van der Waals surface area contributed by atoms with Crippen LogP contribution in [-0.4, -0.2) is 28.8 Å². The van der Waals surface area contributed by atoms with E-state index in [1.165, 1.54) is 0 Å². The third kappa shape index (κ3) is 7.07. The lowest BCUT2D eigenvalue weighted by molar-refractivity contribution is 0.0686. The van der Waals surface area contributed by atoms with E-state index in [-0.39, 0.29) is 17.0 Å². The van der Waals surface area contributed by atoms with Gasteiger partial charge in [-0.05, 0) is 73.6 Å². The van der Waals surface area contributed by atoms with E-state index in [0.29, 0.717) is 6.61 Å². The molecule has 3 rings (SSSR count). The van der Waals surface area contributed by atoms with Gasteiger partial charge in [-0.1, -0.05) is 54.6 Å². The lowest BCUT2D eigenvalue weighted by Crippen LogP contribution is -2.05. The average Bonchev–Trinajstić information content (AvgIpc) is 2.82. The van der Waals surface area contributed by atoms with Crippen molar-refractivity contribution in [3.8, 4) is 5.75 Å². The zero-order valence-electron chi connectivity index (χ0n) is 18.6. The Morgan fingerprint density at radius 3 is 2.00 bits per heavy atom. The molecule has 0 bridgehead atoms. The molecule has 3 aromatic rings. The van der Waals surface area contributed by atoms with Gasteiger partial charge in [-0.15, -0.1) is 0 Å². The zero-order chi connectivity index (χ0) is 23.6. The van der Waals surface area contributed by atoms with Crippen LogP contribution >= 0.6 is 0 Å². The van der Waals surface area contributed by atoms with E-state index in [2.05, 4.69) is 12.2 Å². The third-order valence-corrected chi connectivity index (χ3v) is 5.47. The first-order valence-electron chi connectivity index (χ1n) is 11.0. The average molecular weight is 445 g/mol. The molecule has 0 saturated heterocycles. The molecule has 0 aliphatic rings. The summed E-state index contributed by atoms with van der Waals surface area (Å²) in [6.07, 6.45) is 6.68. The number of para-hydroxylation sites is 1. The fourth-order valence-electron chi connectivity index (χ4n) is 3.66. The predicted molar refractivity (Wildman–Crippen MR) is 129 cm³/mol. The molecule has 33 heavy (non-hydrogen) atoms. The Morgan fingerprint density at radius 1 is 0.848 bits per heavy atom. The number of aryl methyl sites for hydroxylation is 1. The molecule has 5 nitrogen and oxygen atoms in total. The number of rotatable bonds is 11. The Bertz CT molecular complexity index is 1100. The summed E-state index contributed by atoms with van der Waals surface area (Å²) in [5.41, 5.74) is 3.70. The van der Waals surface area contributed by atoms with Gasteiger partial charge < -0.3 is 14.9 Å². The second-order valence-corrected chi connectivity index (χ2v) is 7.84. The van der Waals surface area contributed by atoms with Gasteiger partial charge in [0.25, 0.3) is 0 Å². The molecule has 1 atom stereocenters. The highest BCUT2D eigenvalue weighted by Gasteiger charge is 2.10. The predicted octanol–water partition coefficient (Wildman–Crippen LogP) is 5.99. The topological polar surface area (TPSA) is 83.8 Å². The highest BCUT2D eigenvalue weighted by molar-refractivity contribution is 5.88. The van der Waals surface area contributed by atoms with Crippen molar-refractivity contribution in [1.29, 1.82) is 0 Å². The molecule has 0 saturated carbocycles. The highest BCUT2D eigenvalue weighted by atomic mass is 16.5. The van der Waals surface area contributed by atoms with E-state index in [4.69, 9.17) is 14.9 Å². The molecule has 0 radical (unpaired) electrons. The van der Waals surface area contributed by atoms with Crippen LogP contribution in [0.1, 0.15) is 50.8 Å². The molecule has 2 N–H and O–H groups in total. The maximum absolute atomic E-state index is 11.1. The minimum atomic E-state index is -0.935. The van der Waals surface area contributed by atoms with Crippen molar-refractivity contribution in [1.82, 2.24) is 0 Å². The summed E-state index contributed by atoms with van der Waals surface area (Å²) in [4.78, 5) is 22.2. The van der Waals surface area contributed by atoms with Gasteiger partial charge in [0.15, 0.2) is 0 Å². The Labute approximate surface area is 194 Å². The fourth-order valence-corrected chi connectivity index (χ4v) is 3.66. The quantitative estimate of drug-likeness (QED) is 0.380. The lowest BCUT2D eigenvalue weighted by atomic mass is 9.91. The lowest BCUT2D eigenvalue weighted by Gasteiger charge is -2.14. The number of carboxylic acids is 2. The summed E-state index contributed by atoms with van der Waals surface area (Å²) >= 11 is 0. The highest BCUT2D eigenvalue weighted by Crippen LogP contribution is 2.23. The van der Waals surface area contributed by atoms with Crippen molar-refractivity contribution in [3.05, 3.63) is 107 Å². The number of ether oxygens (including phenoxy) is 1. The molecule has 0 fully saturated rings.